The molecule has 0 aromatic carbocycles. The first-order chi connectivity index (χ1) is 6.25. The lowest BCUT2D eigenvalue weighted by Gasteiger charge is -2.22. The molecule has 0 bridgehead atoms. The van der Waals surface area contributed by atoms with Crippen LogP contribution in [0.3, 0.4) is 0 Å². The molecule has 1 N–H and O–H groups in total. The molecule has 0 aromatic heterocycles. The monoisotopic (exact) mass is 185 g/mol. The van der Waals surface area contributed by atoms with Crippen LogP contribution in [0.5, 0.6) is 0 Å². The van der Waals surface area contributed by atoms with Crippen LogP contribution in [-0.2, 0) is 4.74 Å². The lowest BCUT2D eigenvalue weighted by atomic mass is 9.92. The van der Waals surface area contributed by atoms with E-state index in [2.05, 4.69) is 17.0 Å². The minimum atomic E-state index is 0.819. The molecule has 1 aliphatic carbocycles. The Kier molecular flexibility index (Phi) is 4.20. The van der Waals surface area contributed by atoms with E-state index in [1.165, 1.54) is 32.4 Å². The zero-order chi connectivity index (χ0) is 9.73. The van der Waals surface area contributed by atoms with Crippen molar-refractivity contribution in [2.45, 2.75) is 33.1 Å². The van der Waals surface area contributed by atoms with Gasteiger partial charge in [-0.05, 0) is 50.6 Å². The van der Waals surface area contributed by atoms with Gasteiger partial charge < -0.3 is 10.1 Å². The number of ether oxygens (including phenoxy) is 1. The second-order valence-corrected chi connectivity index (χ2v) is 4.29. The fourth-order valence-corrected chi connectivity index (χ4v) is 2.17. The summed E-state index contributed by atoms with van der Waals surface area (Å²) >= 11 is 0. The summed E-state index contributed by atoms with van der Waals surface area (Å²) in [5.41, 5.74) is 0.825. The third-order valence-electron chi connectivity index (χ3n) is 3.49. The van der Waals surface area contributed by atoms with Crippen molar-refractivity contribution in [2.75, 3.05) is 26.8 Å². The molecule has 13 heavy (non-hydrogen) atoms. The van der Waals surface area contributed by atoms with Crippen molar-refractivity contribution < 1.29 is 4.74 Å². The van der Waals surface area contributed by atoms with Crippen molar-refractivity contribution in [3.8, 4) is 0 Å². The highest BCUT2D eigenvalue weighted by Gasteiger charge is 2.50. The van der Waals surface area contributed by atoms with Gasteiger partial charge in [0.2, 0.25) is 0 Å². The first-order valence-electron chi connectivity index (χ1n) is 5.45. The highest BCUT2D eigenvalue weighted by atomic mass is 16.5. The van der Waals surface area contributed by atoms with Crippen LogP contribution in [0.1, 0.15) is 33.1 Å². The third kappa shape index (κ3) is 2.96. The van der Waals surface area contributed by atoms with E-state index < -0.39 is 0 Å². The Balaban J connectivity index is 0.000000184. The Morgan fingerprint density at radius 3 is 2.08 bits per heavy atom. The SMILES string of the molecule is CC1CC12CCNCC2.CCOC. The highest BCUT2D eigenvalue weighted by molar-refractivity contribution is 5.01. The molecule has 2 heteroatoms. The van der Waals surface area contributed by atoms with Crippen LogP contribution in [0.2, 0.25) is 0 Å². The number of piperidine rings is 1. The molecule has 1 spiro atoms. The van der Waals surface area contributed by atoms with Gasteiger partial charge in [0.05, 0.1) is 0 Å². The molecule has 1 aliphatic heterocycles. The van der Waals surface area contributed by atoms with Crippen LogP contribution in [0.4, 0.5) is 0 Å². The van der Waals surface area contributed by atoms with Gasteiger partial charge in [0.1, 0.15) is 0 Å². The van der Waals surface area contributed by atoms with Crippen molar-refractivity contribution in [1.29, 1.82) is 0 Å². The summed E-state index contributed by atoms with van der Waals surface area (Å²) in [5.74, 6) is 1.04. The van der Waals surface area contributed by atoms with Gasteiger partial charge in [-0.2, -0.15) is 0 Å². The Labute approximate surface area is 82.0 Å². The van der Waals surface area contributed by atoms with Crippen molar-refractivity contribution in [3.63, 3.8) is 0 Å². The molecule has 1 heterocycles. The predicted octanol–water partition coefficient (Wildman–Crippen LogP) is 2.05. The zero-order valence-corrected chi connectivity index (χ0v) is 9.23. The number of hydrogen-bond donors (Lipinski definition) is 1. The second kappa shape index (κ2) is 4.97. The van der Waals surface area contributed by atoms with E-state index in [4.69, 9.17) is 0 Å². The molecule has 2 aliphatic rings. The van der Waals surface area contributed by atoms with Gasteiger partial charge in [0, 0.05) is 13.7 Å². The molecule has 78 valence electrons. The van der Waals surface area contributed by atoms with E-state index in [9.17, 15) is 0 Å². The topological polar surface area (TPSA) is 21.3 Å². The summed E-state index contributed by atoms with van der Waals surface area (Å²) < 4.78 is 4.54. The minimum absolute atomic E-state index is 0.819. The van der Waals surface area contributed by atoms with Gasteiger partial charge in [-0.25, -0.2) is 0 Å². The van der Waals surface area contributed by atoms with Crippen LogP contribution in [-0.4, -0.2) is 26.8 Å². The van der Waals surface area contributed by atoms with E-state index in [0.29, 0.717) is 0 Å². The lowest BCUT2D eigenvalue weighted by molar-refractivity contribution is 0.215. The second-order valence-electron chi connectivity index (χ2n) is 4.29. The largest absolute Gasteiger partial charge is 0.385 e. The summed E-state index contributed by atoms with van der Waals surface area (Å²) in [6.07, 6.45) is 4.39. The molecule has 1 unspecified atom stereocenters. The summed E-state index contributed by atoms with van der Waals surface area (Å²) in [6.45, 7) is 7.71. The van der Waals surface area contributed by atoms with Crippen LogP contribution < -0.4 is 5.32 Å². The molecule has 2 nitrogen and oxygen atoms in total. The number of rotatable bonds is 1. The van der Waals surface area contributed by atoms with Crippen LogP contribution in [0.25, 0.3) is 0 Å². The molecule has 2 rings (SSSR count). The fraction of sp³-hybridized carbons (Fsp3) is 1.00. The maximum atomic E-state index is 4.54. The third-order valence-corrected chi connectivity index (χ3v) is 3.49. The van der Waals surface area contributed by atoms with Gasteiger partial charge in [-0.3, -0.25) is 0 Å². The van der Waals surface area contributed by atoms with E-state index in [1.54, 1.807) is 7.11 Å². The molecule has 1 saturated heterocycles. The molecule has 1 atom stereocenters. The first-order valence-corrected chi connectivity index (χ1v) is 5.45. The summed E-state index contributed by atoms with van der Waals surface area (Å²) in [7, 11) is 1.68. The normalized spacial score (nSPS) is 29.3. The standard InChI is InChI=1S/C8H15N.C3H8O/c1-7-6-8(7)2-4-9-5-3-8;1-3-4-2/h7,9H,2-6H2,1H3;3H2,1-2H3. The number of nitrogens with one attached hydrogen (secondary N) is 1. The van der Waals surface area contributed by atoms with Gasteiger partial charge >= 0.3 is 0 Å². The molecular formula is C11H23NO. The summed E-state index contributed by atoms with van der Waals surface area (Å²) in [6, 6.07) is 0. The van der Waals surface area contributed by atoms with Crippen molar-refractivity contribution in [1.82, 2.24) is 5.32 Å². The number of hydrogen-bond acceptors (Lipinski definition) is 2. The minimum Gasteiger partial charge on any atom is -0.385 e. The van der Waals surface area contributed by atoms with Crippen LogP contribution >= 0.6 is 0 Å². The smallest absolute Gasteiger partial charge is 0.0433 e. The van der Waals surface area contributed by atoms with Gasteiger partial charge in [0.15, 0.2) is 0 Å². The van der Waals surface area contributed by atoms with Crippen molar-refractivity contribution in [2.24, 2.45) is 11.3 Å². The van der Waals surface area contributed by atoms with Gasteiger partial charge in [0.25, 0.3) is 0 Å². The van der Waals surface area contributed by atoms with E-state index in [-0.39, 0.29) is 0 Å². The fourth-order valence-electron chi connectivity index (χ4n) is 2.17. The summed E-state index contributed by atoms with van der Waals surface area (Å²) in [5, 5.41) is 3.40. The average molecular weight is 185 g/mol. The van der Waals surface area contributed by atoms with Crippen molar-refractivity contribution in [3.05, 3.63) is 0 Å². The van der Waals surface area contributed by atoms with Crippen molar-refractivity contribution >= 4 is 0 Å². The molecule has 2 fully saturated rings. The van der Waals surface area contributed by atoms with E-state index in [0.717, 1.165) is 17.9 Å². The Bertz CT molecular complexity index is 139. The quantitative estimate of drug-likeness (QED) is 0.675. The maximum absolute atomic E-state index is 4.54. The lowest BCUT2D eigenvalue weighted by Crippen LogP contribution is -2.29. The van der Waals surface area contributed by atoms with E-state index in [1.807, 2.05) is 6.92 Å². The van der Waals surface area contributed by atoms with Crippen LogP contribution in [0.15, 0.2) is 0 Å². The Morgan fingerprint density at radius 2 is 1.85 bits per heavy atom. The van der Waals surface area contributed by atoms with Gasteiger partial charge in [-0.1, -0.05) is 6.92 Å². The predicted molar refractivity (Wildman–Crippen MR) is 55.9 cm³/mol. The number of methoxy groups -OCH3 is 1. The van der Waals surface area contributed by atoms with E-state index >= 15 is 0 Å². The molecule has 0 amide bonds. The first kappa shape index (κ1) is 11.0. The molecular weight excluding hydrogens is 162 g/mol. The highest BCUT2D eigenvalue weighted by Crippen LogP contribution is 2.57. The zero-order valence-electron chi connectivity index (χ0n) is 9.23. The van der Waals surface area contributed by atoms with Crippen LogP contribution in [0, 0.1) is 11.3 Å². The molecule has 1 saturated carbocycles. The maximum Gasteiger partial charge on any atom is 0.0433 e. The Hall–Kier alpha value is -0.0800. The molecule has 0 aromatic rings. The Morgan fingerprint density at radius 1 is 1.38 bits per heavy atom. The molecule has 0 radical (unpaired) electrons. The van der Waals surface area contributed by atoms with Gasteiger partial charge in [-0.15, -0.1) is 0 Å². The summed E-state index contributed by atoms with van der Waals surface area (Å²) in [4.78, 5) is 0. The average Bonchev–Trinajstić information content (AvgIpc) is 2.78.